The van der Waals surface area contributed by atoms with Crippen molar-refractivity contribution in [3.8, 4) is 5.75 Å². The summed E-state index contributed by atoms with van der Waals surface area (Å²) in [4.78, 5) is 2.09. The average Bonchev–Trinajstić information content (AvgIpc) is 2.47. The molecule has 0 saturated carbocycles. The summed E-state index contributed by atoms with van der Waals surface area (Å²) in [6.45, 7) is 0. The van der Waals surface area contributed by atoms with E-state index >= 15 is 0 Å². The SMILES string of the molecule is OC1C/C(=C\[Se]c2ccccc2)Oc2ccc(Cl)cc21. The van der Waals surface area contributed by atoms with Crippen LogP contribution in [0, 0.1) is 0 Å². The summed E-state index contributed by atoms with van der Waals surface area (Å²) in [6, 6.07) is 15.6. The molecule has 2 nitrogen and oxygen atoms in total. The molecule has 2 aromatic rings. The van der Waals surface area contributed by atoms with Gasteiger partial charge in [0.25, 0.3) is 0 Å². The Bertz CT molecular complexity index is 640. The van der Waals surface area contributed by atoms with Crippen molar-refractivity contribution in [1.82, 2.24) is 0 Å². The summed E-state index contributed by atoms with van der Waals surface area (Å²) >= 11 is 6.15. The van der Waals surface area contributed by atoms with Crippen molar-refractivity contribution in [1.29, 1.82) is 0 Å². The van der Waals surface area contributed by atoms with Crippen LogP contribution in [0.5, 0.6) is 5.75 Å². The molecule has 1 aliphatic rings. The quantitative estimate of drug-likeness (QED) is 0.843. The van der Waals surface area contributed by atoms with E-state index in [9.17, 15) is 5.11 Å². The number of hydrogen-bond donors (Lipinski definition) is 1. The van der Waals surface area contributed by atoms with Gasteiger partial charge in [-0.1, -0.05) is 0 Å². The van der Waals surface area contributed by atoms with Gasteiger partial charge < -0.3 is 0 Å². The minimum absolute atomic E-state index is 0.209. The fourth-order valence-electron chi connectivity index (χ4n) is 2.06. The Morgan fingerprint density at radius 1 is 1.20 bits per heavy atom. The van der Waals surface area contributed by atoms with Crippen LogP contribution in [0.1, 0.15) is 18.1 Å². The van der Waals surface area contributed by atoms with Gasteiger partial charge in [-0.05, 0) is 0 Å². The fraction of sp³-hybridized carbons (Fsp3) is 0.125. The van der Waals surface area contributed by atoms with Crippen molar-refractivity contribution in [3.63, 3.8) is 0 Å². The van der Waals surface area contributed by atoms with Crippen LogP contribution in [-0.2, 0) is 0 Å². The molecule has 102 valence electrons. The van der Waals surface area contributed by atoms with Gasteiger partial charge in [-0.25, -0.2) is 0 Å². The zero-order valence-corrected chi connectivity index (χ0v) is 13.1. The topological polar surface area (TPSA) is 29.5 Å². The summed E-state index contributed by atoms with van der Waals surface area (Å²) in [5.41, 5.74) is 0.766. The van der Waals surface area contributed by atoms with E-state index < -0.39 is 6.10 Å². The van der Waals surface area contributed by atoms with Crippen LogP contribution in [0.2, 0.25) is 5.02 Å². The summed E-state index contributed by atoms with van der Waals surface area (Å²) in [6.07, 6.45) is -0.0441. The first-order chi connectivity index (χ1) is 9.72. The van der Waals surface area contributed by atoms with Crippen LogP contribution >= 0.6 is 11.6 Å². The van der Waals surface area contributed by atoms with Gasteiger partial charge in [0.1, 0.15) is 0 Å². The van der Waals surface area contributed by atoms with Gasteiger partial charge in [-0.15, -0.1) is 0 Å². The van der Waals surface area contributed by atoms with Gasteiger partial charge >= 0.3 is 129 Å². The van der Waals surface area contributed by atoms with E-state index in [2.05, 4.69) is 17.1 Å². The number of ether oxygens (including phenoxy) is 1. The molecule has 2 aromatic carbocycles. The third kappa shape index (κ3) is 3.08. The molecule has 20 heavy (non-hydrogen) atoms. The molecule has 4 heteroatoms. The van der Waals surface area contributed by atoms with Crippen LogP contribution in [-0.4, -0.2) is 20.1 Å². The van der Waals surface area contributed by atoms with Crippen LogP contribution in [0.3, 0.4) is 0 Å². The molecule has 0 aromatic heterocycles. The van der Waals surface area contributed by atoms with Gasteiger partial charge in [0.2, 0.25) is 0 Å². The van der Waals surface area contributed by atoms with Crippen molar-refractivity contribution < 1.29 is 9.84 Å². The molecule has 1 N–H and O–H groups in total. The van der Waals surface area contributed by atoms with Gasteiger partial charge in [-0.2, -0.15) is 0 Å². The van der Waals surface area contributed by atoms with Gasteiger partial charge in [0, 0.05) is 0 Å². The normalized spacial score (nSPS) is 19.5. The van der Waals surface area contributed by atoms with E-state index in [1.165, 1.54) is 4.46 Å². The van der Waals surface area contributed by atoms with Crippen molar-refractivity contribution >= 4 is 31.0 Å². The van der Waals surface area contributed by atoms with E-state index in [0.717, 1.165) is 11.3 Å². The number of benzene rings is 2. The standard InChI is InChI=1S/C16H13ClO2Se/c17-11-6-7-16-14(8-11)15(18)9-12(19-16)10-20-13-4-2-1-3-5-13/h1-8,10,15,18H,9H2/b12-10+. The first-order valence-electron chi connectivity index (χ1n) is 6.28. The Kier molecular flexibility index (Phi) is 4.13. The summed E-state index contributed by atoms with van der Waals surface area (Å²) < 4.78 is 7.12. The minimum atomic E-state index is -0.546. The van der Waals surface area contributed by atoms with Crippen LogP contribution in [0.15, 0.2) is 59.3 Å². The zero-order valence-electron chi connectivity index (χ0n) is 10.6. The third-order valence-corrected chi connectivity index (χ3v) is 5.21. The summed E-state index contributed by atoms with van der Waals surface area (Å²) in [5, 5.41) is 10.8. The molecule has 0 amide bonds. The van der Waals surface area contributed by atoms with E-state index in [0.29, 0.717) is 17.2 Å². The first-order valence-corrected chi connectivity index (χ1v) is 8.51. The Hall–Kier alpha value is -1.25. The molecule has 1 unspecified atom stereocenters. The number of fused-ring (bicyclic) bond motifs is 1. The van der Waals surface area contributed by atoms with Crippen molar-refractivity contribution in [3.05, 3.63) is 69.9 Å². The summed E-state index contributed by atoms with van der Waals surface area (Å²) in [5.74, 6) is 1.53. The Labute approximate surface area is 129 Å². The maximum atomic E-state index is 10.2. The average molecular weight is 352 g/mol. The molecular weight excluding hydrogens is 339 g/mol. The second-order valence-corrected chi connectivity index (χ2v) is 6.93. The van der Waals surface area contributed by atoms with Crippen LogP contribution in [0.25, 0.3) is 0 Å². The molecule has 1 atom stereocenters. The molecule has 1 aliphatic heterocycles. The molecule has 0 saturated heterocycles. The molecule has 0 radical (unpaired) electrons. The molecular formula is C16H13ClO2Se. The van der Waals surface area contributed by atoms with Crippen molar-refractivity contribution in [2.45, 2.75) is 12.5 Å². The monoisotopic (exact) mass is 352 g/mol. The number of aliphatic hydroxyl groups is 1. The summed E-state index contributed by atoms with van der Waals surface area (Å²) in [7, 11) is 0. The van der Waals surface area contributed by atoms with Crippen LogP contribution in [0.4, 0.5) is 0 Å². The Balaban J connectivity index is 1.79. The molecule has 0 spiro atoms. The molecule has 0 bridgehead atoms. The molecule has 1 heterocycles. The van der Waals surface area contributed by atoms with E-state index in [4.69, 9.17) is 16.3 Å². The van der Waals surface area contributed by atoms with E-state index in [-0.39, 0.29) is 15.0 Å². The Morgan fingerprint density at radius 3 is 2.80 bits per heavy atom. The van der Waals surface area contributed by atoms with E-state index in [1.54, 1.807) is 12.1 Å². The molecule has 0 aliphatic carbocycles. The fourth-order valence-corrected chi connectivity index (χ4v) is 3.77. The third-order valence-electron chi connectivity index (χ3n) is 3.04. The maximum absolute atomic E-state index is 10.2. The van der Waals surface area contributed by atoms with E-state index in [1.807, 2.05) is 24.3 Å². The van der Waals surface area contributed by atoms with Crippen LogP contribution < -0.4 is 9.20 Å². The number of hydrogen-bond acceptors (Lipinski definition) is 2. The number of rotatable bonds is 2. The van der Waals surface area contributed by atoms with Gasteiger partial charge in [0.05, 0.1) is 0 Å². The second kappa shape index (κ2) is 6.02. The predicted molar refractivity (Wildman–Crippen MR) is 81.6 cm³/mol. The van der Waals surface area contributed by atoms with Crippen molar-refractivity contribution in [2.75, 3.05) is 0 Å². The Morgan fingerprint density at radius 2 is 2.00 bits per heavy atom. The number of aliphatic hydroxyl groups excluding tert-OH is 1. The number of halogens is 1. The first kappa shape index (κ1) is 13.7. The van der Waals surface area contributed by atoms with Crippen molar-refractivity contribution in [2.24, 2.45) is 0 Å². The second-order valence-electron chi connectivity index (χ2n) is 4.52. The predicted octanol–water partition coefficient (Wildman–Crippen LogP) is 3.03. The molecule has 3 rings (SSSR count). The van der Waals surface area contributed by atoms with Gasteiger partial charge in [0.15, 0.2) is 0 Å². The van der Waals surface area contributed by atoms with Gasteiger partial charge in [-0.3, -0.25) is 0 Å². The zero-order chi connectivity index (χ0) is 13.9. The molecule has 0 fully saturated rings.